The molecule has 1 unspecified atom stereocenters. The van der Waals surface area contributed by atoms with E-state index < -0.39 is 0 Å². The number of hydrogen-bond donors (Lipinski definition) is 0. The van der Waals surface area contributed by atoms with Crippen molar-refractivity contribution in [1.82, 2.24) is 0 Å². The van der Waals surface area contributed by atoms with Crippen molar-refractivity contribution in [3.8, 4) is 0 Å². The topological polar surface area (TPSA) is 0 Å². The van der Waals surface area contributed by atoms with Crippen LogP contribution in [0.25, 0.3) is 0 Å². The highest BCUT2D eigenvalue weighted by Crippen LogP contribution is 2.19. The Balaban J connectivity index is 3.05. The zero-order valence-corrected chi connectivity index (χ0v) is 29.0. The normalized spacial score (nSPS) is 12.4. The molecule has 0 saturated heterocycles. The summed E-state index contributed by atoms with van der Waals surface area (Å²) in [6.45, 7) is 7.08. The first kappa shape index (κ1) is 40.0. The molecule has 0 nitrogen and oxygen atoms in total. The Morgan fingerprint density at radius 2 is 0.400 bits per heavy atom. The molecule has 0 aliphatic heterocycles. The Morgan fingerprint density at radius 3 is 0.625 bits per heavy atom. The van der Waals surface area contributed by atoms with Crippen LogP contribution >= 0.6 is 0 Å². The Kier molecular flexibility index (Phi) is 37.0. The Hall–Kier alpha value is 0. The highest BCUT2D eigenvalue weighted by atomic mass is 14.1. The molecule has 0 rings (SSSR count). The summed E-state index contributed by atoms with van der Waals surface area (Å²) in [4.78, 5) is 0. The van der Waals surface area contributed by atoms with Gasteiger partial charge in [-0.2, -0.15) is 0 Å². The fraction of sp³-hybridized carbons (Fsp3) is 1.00. The van der Waals surface area contributed by atoms with Crippen LogP contribution in [-0.2, 0) is 0 Å². The van der Waals surface area contributed by atoms with Crippen LogP contribution in [0.2, 0.25) is 0 Å². The zero-order valence-electron chi connectivity index (χ0n) is 29.0. The van der Waals surface area contributed by atoms with E-state index in [1.54, 1.807) is 0 Å². The van der Waals surface area contributed by atoms with E-state index in [9.17, 15) is 0 Å². The summed E-state index contributed by atoms with van der Waals surface area (Å²) in [5.41, 5.74) is 0. The fourth-order valence-corrected chi connectivity index (χ4v) is 6.57. The molecule has 242 valence electrons. The molecule has 0 fully saturated rings. The minimum Gasteiger partial charge on any atom is -0.0654 e. The molecule has 0 bridgehead atoms. The van der Waals surface area contributed by atoms with Crippen LogP contribution in [-0.4, -0.2) is 0 Å². The van der Waals surface area contributed by atoms with Crippen molar-refractivity contribution in [2.24, 2.45) is 5.92 Å². The standard InChI is InChI=1S/C40H82/c1-4-6-8-9-10-11-12-13-14-15-16-17-18-19-20-21-22-23-24-25-26-27-28-29-30-31-32-33-34-35-36-37-39-40(3)38-7-5-2/h40H,4-39H2,1-3H3. The molecule has 0 heteroatoms. The zero-order chi connectivity index (χ0) is 29.0. The third-order valence-electron chi connectivity index (χ3n) is 9.60. The van der Waals surface area contributed by atoms with Crippen LogP contribution in [0.3, 0.4) is 0 Å². The molecule has 0 aromatic carbocycles. The van der Waals surface area contributed by atoms with Crippen molar-refractivity contribution in [2.45, 2.75) is 252 Å². The van der Waals surface area contributed by atoms with Crippen LogP contribution in [0, 0.1) is 5.92 Å². The Morgan fingerprint density at radius 1 is 0.225 bits per heavy atom. The lowest BCUT2D eigenvalue weighted by atomic mass is 9.97. The van der Waals surface area contributed by atoms with Crippen molar-refractivity contribution < 1.29 is 0 Å². The van der Waals surface area contributed by atoms with Gasteiger partial charge in [-0.1, -0.05) is 252 Å². The molecule has 40 heavy (non-hydrogen) atoms. The van der Waals surface area contributed by atoms with Gasteiger partial charge in [0.25, 0.3) is 0 Å². The average Bonchev–Trinajstić information content (AvgIpc) is 2.96. The van der Waals surface area contributed by atoms with E-state index in [2.05, 4.69) is 20.8 Å². The van der Waals surface area contributed by atoms with E-state index in [0.29, 0.717) is 0 Å². The van der Waals surface area contributed by atoms with Gasteiger partial charge in [0.2, 0.25) is 0 Å². The maximum Gasteiger partial charge on any atom is -0.0443 e. The van der Waals surface area contributed by atoms with Crippen LogP contribution in [0.5, 0.6) is 0 Å². The van der Waals surface area contributed by atoms with Gasteiger partial charge in [-0.15, -0.1) is 0 Å². The van der Waals surface area contributed by atoms with Crippen LogP contribution in [0.1, 0.15) is 252 Å². The van der Waals surface area contributed by atoms with Crippen molar-refractivity contribution in [1.29, 1.82) is 0 Å². The Labute approximate surface area is 257 Å². The highest BCUT2D eigenvalue weighted by Gasteiger charge is 2.01. The van der Waals surface area contributed by atoms with E-state index in [1.165, 1.54) is 231 Å². The smallest absolute Gasteiger partial charge is 0.0443 e. The van der Waals surface area contributed by atoms with Gasteiger partial charge in [-0.3, -0.25) is 0 Å². The molecule has 0 N–H and O–H groups in total. The number of unbranched alkanes of at least 4 members (excludes halogenated alkanes) is 32. The minimum absolute atomic E-state index is 0.966. The lowest BCUT2D eigenvalue weighted by Gasteiger charge is -2.10. The summed E-state index contributed by atoms with van der Waals surface area (Å²) >= 11 is 0. The third-order valence-corrected chi connectivity index (χ3v) is 9.60. The number of hydrogen-bond acceptors (Lipinski definition) is 0. The Bertz CT molecular complexity index is 412. The van der Waals surface area contributed by atoms with E-state index in [-0.39, 0.29) is 0 Å². The molecule has 1 atom stereocenters. The van der Waals surface area contributed by atoms with Gasteiger partial charge < -0.3 is 0 Å². The first-order chi connectivity index (χ1) is 19.8. The van der Waals surface area contributed by atoms with E-state index in [4.69, 9.17) is 0 Å². The molecule has 0 heterocycles. The van der Waals surface area contributed by atoms with E-state index in [1.807, 2.05) is 0 Å². The molecular weight excluding hydrogens is 480 g/mol. The van der Waals surface area contributed by atoms with Gasteiger partial charge in [0, 0.05) is 0 Å². The predicted octanol–water partition coefficient (Wildman–Crippen LogP) is 15.7. The first-order valence-electron chi connectivity index (χ1n) is 19.8. The van der Waals surface area contributed by atoms with Crippen molar-refractivity contribution in [2.75, 3.05) is 0 Å². The average molecular weight is 563 g/mol. The maximum absolute atomic E-state index is 2.46. The molecule has 0 aromatic heterocycles. The van der Waals surface area contributed by atoms with Gasteiger partial charge in [0.05, 0.1) is 0 Å². The van der Waals surface area contributed by atoms with Crippen molar-refractivity contribution >= 4 is 0 Å². The minimum atomic E-state index is 0.966. The molecule has 0 spiro atoms. The van der Waals surface area contributed by atoms with Gasteiger partial charge in [0.15, 0.2) is 0 Å². The van der Waals surface area contributed by atoms with E-state index >= 15 is 0 Å². The lowest BCUT2D eigenvalue weighted by Crippen LogP contribution is -1.94. The monoisotopic (exact) mass is 563 g/mol. The van der Waals surface area contributed by atoms with Crippen LogP contribution in [0.4, 0.5) is 0 Å². The van der Waals surface area contributed by atoms with Crippen LogP contribution < -0.4 is 0 Å². The van der Waals surface area contributed by atoms with Crippen LogP contribution in [0.15, 0.2) is 0 Å². The van der Waals surface area contributed by atoms with Crippen molar-refractivity contribution in [3.63, 3.8) is 0 Å². The molecule has 0 radical (unpaired) electrons. The predicted molar refractivity (Wildman–Crippen MR) is 187 cm³/mol. The van der Waals surface area contributed by atoms with Gasteiger partial charge >= 0.3 is 0 Å². The molecular formula is C40H82. The molecule has 0 amide bonds. The van der Waals surface area contributed by atoms with Gasteiger partial charge in [0.1, 0.15) is 0 Å². The maximum atomic E-state index is 2.46. The SMILES string of the molecule is CCCCCCCCCCCCCCCCCCCCCCCCCCCCCCCCCCC(C)CCCC. The molecule has 0 saturated carbocycles. The second-order valence-corrected chi connectivity index (χ2v) is 14.0. The molecule has 0 aliphatic rings. The molecule has 0 aromatic rings. The largest absolute Gasteiger partial charge is 0.0654 e. The number of rotatable bonds is 36. The first-order valence-corrected chi connectivity index (χ1v) is 19.8. The van der Waals surface area contributed by atoms with Gasteiger partial charge in [-0.25, -0.2) is 0 Å². The quantitative estimate of drug-likeness (QED) is 0.0666. The summed E-state index contributed by atoms with van der Waals surface area (Å²) in [6.07, 6.45) is 53.3. The fourth-order valence-electron chi connectivity index (χ4n) is 6.57. The molecule has 0 aliphatic carbocycles. The second-order valence-electron chi connectivity index (χ2n) is 14.0. The third kappa shape index (κ3) is 36.0. The summed E-state index contributed by atoms with van der Waals surface area (Å²) in [5.74, 6) is 0.966. The van der Waals surface area contributed by atoms with Gasteiger partial charge in [-0.05, 0) is 5.92 Å². The summed E-state index contributed by atoms with van der Waals surface area (Å²) in [6, 6.07) is 0. The summed E-state index contributed by atoms with van der Waals surface area (Å²) in [7, 11) is 0. The summed E-state index contributed by atoms with van der Waals surface area (Å²) < 4.78 is 0. The van der Waals surface area contributed by atoms with E-state index in [0.717, 1.165) is 5.92 Å². The second kappa shape index (κ2) is 37.0. The highest BCUT2D eigenvalue weighted by molar-refractivity contribution is 4.55. The van der Waals surface area contributed by atoms with Crippen molar-refractivity contribution in [3.05, 3.63) is 0 Å². The lowest BCUT2D eigenvalue weighted by molar-refractivity contribution is 0.440. The summed E-state index contributed by atoms with van der Waals surface area (Å²) in [5, 5.41) is 0.